The van der Waals surface area contributed by atoms with Crippen LogP contribution in [0.5, 0.6) is 5.75 Å². The molecule has 1 fully saturated rings. The minimum atomic E-state index is -1.07. The molecular weight excluding hydrogens is 497 g/mol. The molecule has 0 saturated carbocycles. The van der Waals surface area contributed by atoms with Crippen LogP contribution in [0.4, 0.5) is 0 Å². The Morgan fingerprint density at radius 3 is 1.97 bits per heavy atom. The highest BCUT2D eigenvalue weighted by molar-refractivity contribution is 8.01. The summed E-state index contributed by atoms with van der Waals surface area (Å²) >= 11 is 13.3. The molecule has 0 aliphatic carbocycles. The van der Waals surface area contributed by atoms with Gasteiger partial charge in [-0.25, -0.2) is 4.79 Å². The number of hydrogen-bond donors (Lipinski definition) is 2. The number of thioether (sulfide) groups is 1. The number of ether oxygens (including phenoxy) is 1. The van der Waals surface area contributed by atoms with Gasteiger partial charge in [-0.3, -0.25) is 9.59 Å². The number of amides is 1. The summed E-state index contributed by atoms with van der Waals surface area (Å²) in [5, 5.41) is 12.4. The van der Waals surface area contributed by atoms with E-state index in [1.54, 1.807) is 60.7 Å². The monoisotopic (exact) mass is 515 g/mol. The maximum atomic E-state index is 12.7. The summed E-state index contributed by atoms with van der Waals surface area (Å²) < 4.78 is 5.23. The van der Waals surface area contributed by atoms with Gasteiger partial charge in [0.1, 0.15) is 16.5 Å². The van der Waals surface area contributed by atoms with Crippen LogP contribution < -0.4 is 10.1 Å². The molecular formula is C25H19Cl2NO5S. The number of carboxylic acid groups (broad SMARTS) is 1. The summed E-state index contributed by atoms with van der Waals surface area (Å²) in [6.07, 6.45) is 0. The fraction of sp³-hybridized carbons (Fsp3) is 0.160. The van der Waals surface area contributed by atoms with Gasteiger partial charge < -0.3 is 15.2 Å². The smallest absolute Gasteiger partial charge is 0.341 e. The summed E-state index contributed by atoms with van der Waals surface area (Å²) in [6.45, 7) is -0.455. The number of nitrogens with one attached hydrogen (secondary N) is 1. The number of benzene rings is 3. The lowest BCUT2D eigenvalue weighted by Gasteiger charge is -2.49. The average Bonchev–Trinajstić information content (AvgIpc) is 2.82. The van der Waals surface area contributed by atoms with Gasteiger partial charge in [-0.2, -0.15) is 0 Å². The maximum absolute atomic E-state index is 12.7. The molecule has 9 heteroatoms. The Kier molecular flexibility index (Phi) is 7.16. The fourth-order valence-corrected chi connectivity index (χ4v) is 5.34. The normalized spacial score (nSPS) is 19.1. The summed E-state index contributed by atoms with van der Waals surface area (Å²) in [4.78, 5) is 36.2. The van der Waals surface area contributed by atoms with Crippen molar-refractivity contribution >= 4 is 52.6 Å². The van der Waals surface area contributed by atoms with E-state index < -0.39 is 23.4 Å². The highest BCUT2D eigenvalue weighted by atomic mass is 35.5. The molecule has 1 amide bonds. The van der Waals surface area contributed by atoms with Crippen molar-refractivity contribution in [2.24, 2.45) is 0 Å². The van der Waals surface area contributed by atoms with Crippen LogP contribution in [0.25, 0.3) is 0 Å². The van der Waals surface area contributed by atoms with Crippen LogP contribution >= 0.6 is 35.0 Å². The SMILES string of the molecule is O=C(O)COc1ccc([C@]2(c3ccc(Cl)cc3)NC(=O)[C@@H]2SCC(=O)c2ccc(Cl)cc2)cc1. The predicted octanol–water partition coefficient (Wildman–Crippen LogP) is 4.81. The largest absolute Gasteiger partial charge is 0.482 e. The van der Waals surface area contributed by atoms with Gasteiger partial charge >= 0.3 is 5.97 Å². The highest BCUT2D eigenvalue weighted by Crippen LogP contribution is 2.46. The van der Waals surface area contributed by atoms with Gasteiger partial charge in [0.25, 0.3) is 0 Å². The van der Waals surface area contributed by atoms with E-state index in [0.717, 1.165) is 11.1 Å². The van der Waals surface area contributed by atoms with Crippen LogP contribution in [0.1, 0.15) is 21.5 Å². The van der Waals surface area contributed by atoms with Crippen molar-refractivity contribution < 1.29 is 24.2 Å². The number of carbonyl (C=O) groups is 3. The summed E-state index contributed by atoms with van der Waals surface area (Å²) in [5.74, 6) is -0.867. The lowest BCUT2D eigenvalue weighted by molar-refractivity contribution is -0.139. The topological polar surface area (TPSA) is 92.7 Å². The first-order chi connectivity index (χ1) is 16.3. The van der Waals surface area contributed by atoms with Crippen LogP contribution in [0, 0.1) is 0 Å². The number of ketones is 1. The molecule has 4 rings (SSSR count). The second-order valence-corrected chi connectivity index (χ2v) is 9.60. The molecule has 0 aromatic heterocycles. The van der Waals surface area contributed by atoms with E-state index >= 15 is 0 Å². The first kappa shape index (κ1) is 24.1. The van der Waals surface area contributed by atoms with Gasteiger partial charge in [0, 0.05) is 15.6 Å². The Morgan fingerprint density at radius 1 is 0.912 bits per heavy atom. The molecule has 0 bridgehead atoms. The minimum absolute atomic E-state index is 0.106. The van der Waals surface area contributed by atoms with Gasteiger partial charge in [0.2, 0.25) is 5.91 Å². The minimum Gasteiger partial charge on any atom is -0.482 e. The van der Waals surface area contributed by atoms with Crippen molar-refractivity contribution in [1.82, 2.24) is 5.32 Å². The summed E-state index contributed by atoms with van der Waals surface area (Å²) in [7, 11) is 0. The molecule has 6 nitrogen and oxygen atoms in total. The number of carbonyl (C=O) groups excluding carboxylic acids is 2. The lowest BCUT2D eigenvalue weighted by atomic mass is 9.74. The molecule has 3 aromatic carbocycles. The zero-order valence-electron chi connectivity index (χ0n) is 17.7. The lowest BCUT2D eigenvalue weighted by Crippen LogP contribution is -2.69. The third kappa shape index (κ3) is 4.92. The van der Waals surface area contributed by atoms with E-state index in [4.69, 9.17) is 33.0 Å². The molecule has 1 aliphatic rings. The zero-order chi connectivity index (χ0) is 24.3. The number of β-lactam (4-membered cyclic amide) rings is 1. The Balaban J connectivity index is 1.62. The quantitative estimate of drug-likeness (QED) is 0.313. The van der Waals surface area contributed by atoms with Crippen molar-refractivity contribution in [2.45, 2.75) is 10.8 Å². The van der Waals surface area contributed by atoms with Gasteiger partial charge in [-0.05, 0) is 59.7 Å². The van der Waals surface area contributed by atoms with Gasteiger partial charge in [-0.1, -0.05) is 47.5 Å². The first-order valence-corrected chi connectivity index (χ1v) is 12.0. The van der Waals surface area contributed by atoms with Crippen molar-refractivity contribution in [2.75, 3.05) is 12.4 Å². The standard InChI is InChI=1S/C25H19Cl2NO5S/c26-18-7-1-15(2-8-18)21(29)14-34-23-24(32)28-25(23,16-3-9-19(27)10-4-16)17-5-11-20(12-6-17)33-13-22(30)31/h1-12,23H,13-14H2,(H,28,32)(H,30,31)/t23-,25-/m0/s1. The number of Topliss-reactive ketones (excluding diaryl/α,β-unsaturated/α-hetero) is 1. The Labute approximate surface area is 210 Å². The molecule has 3 aromatic rings. The van der Waals surface area contributed by atoms with Crippen molar-refractivity contribution in [3.8, 4) is 5.75 Å². The fourth-order valence-electron chi connectivity index (χ4n) is 3.81. The van der Waals surface area contributed by atoms with E-state index in [-0.39, 0.29) is 17.4 Å². The number of hydrogen-bond acceptors (Lipinski definition) is 5. The van der Waals surface area contributed by atoms with E-state index in [0.29, 0.717) is 21.4 Å². The predicted molar refractivity (Wildman–Crippen MR) is 132 cm³/mol. The van der Waals surface area contributed by atoms with E-state index in [2.05, 4.69) is 5.32 Å². The number of carboxylic acids is 1. The molecule has 2 atom stereocenters. The molecule has 1 heterocycles. The van der Waals surface area contributed by atoms with Crippen molar-refractivity contribution in [1.29, 1.82) is 0 Å². The molecule has 34 heavy (non-hydrogen) atoms. The summed E-state index contributed by atoms with van der Waals surface area (Å²) in [6, 6.07) is 20.7. The van der Waals surface area contributed by atoms with E-state index in [1.165, 1.54) is 11.8 Å². The number of aliphatic carboxylic acids is 1. The van der Waals surface area contributed by atoms with Crippen molar-refractivity contribution in [3.63, 3.8) is 0 Å². The van der Waals surface area contributed by atoms with Crippen LogP contribution in [0.3, 0.4) is 0 Å². The van der Waals surface area contributed by atoms with Crippen LogP contribution in [0.2, 0.25) is 10.0 Å². The second-order valence-electron chi connectivity index (χ2n) is 7.63. The maximum Gasteiger partial charge on any atom is 0.341 e. The third-order valence-electron chi connectivity index (χ3n) is 5.47. The molecule has 2 N–H and O–H groups in total. The third-order valence-corrected chi connectivity index (χ3v) is 7.30. The van der Waals surface area contributed by atoms with E-state index in [9.17, 15) is 14.4 Å². The average molecular weight is 516 g/mol. The zero-order valence-corrected chi connectivity index (χ0v) is 20.0. The van der Waals surface area contributed by atoms with Gasteiger partial charge in [-0.15, -0.1) is 11.8 Å². The first-order valence-electron chi connectivity index (χ1n) is 10.2. The molecule has 0 unspecified atom stereocenters. The highest BCUT2D eigenvalue weighted by Gasteiger charge is 2.56. The summed E-state index contributed by atoms with van der Waals surface area (Å²) in [5.41, 5.74) is 1.21. The van der Waals surface area contributed by atoms with E-state index in [1.807, 2.05) is 12.1 Å². The van der Waals surface area contributed by atoms with Gasteiger partial charge in [0.15, 0.2) is 12.4 Å². The molecule has 174 valence electrons. The van der Waals surface area contributed by atoms with Crippen LogP contribution in [-0.4, -0.2) is 40.4 Å². The Hall–Kier alpha value is -3.00. The molecule has 0 spiro atoms. The van der Waals surface area contributed by atoms with Crippen LogP contribution in [-0.2, 0) is 15.1 Å². The molecule has 1 aliphatic heterocycles. The van der Waals surface area contributed by atoms with Crippen molar-refractivity contribution in [3.05, 3.63) is 99.5 Å². The second kappa shape index (κ2) is 10.1. The molecule has 0 radical (unpaired) electrons. The van der Waals surface area contributed by atoms with Crippen LogP contribution in [0.15, 0.2) is 72.8 Å². The van der Waals surface area contributed by atoms with Gasteiger partial charge in [0.05, 0.1) is 5.75 Å². The number of rotatable bonds is 9. The molecule has 1 saturated heterocycles. The Bertz CT molecular complexity index is 1220. The Morgan fingerprint density at radius 2 is 1.44 bits per heavy atom. The number of halogens is 2.